The Morgan fingerprint density at radius 3 is 2.85 bits per heavy atom. The van der Waals surface area contributed by atoms with Crippen LogP contribution in [0.1, 0.15) is 51.8 Å². The summed E-state index contributed by atoms with van der Waals surface area (Å²) in [7, 11) is 2.08. The molecular formula is C16H27N3O. The molecule has 0 aliphatic carbocycles. The van der Waals surface area contributed by atoms with Crippen LogP contribution in [0.2, 0.25) is 0 Å². The van der Waals surface area contributed by atoms with E-state index in [4.69, 9.17) is 0 Å². The number of rotatable bonds is 5. The number of carbonyl (C=O) groups excluding carboxylic acids is 1. The smallest absolute Gasteiger partial charge is 0.234 e. The van der Waals surface area contributed by atoms with Crippen molar-refractivity contribution >= 4 is 5.91 Å². The van der Waals surface area contributed by atoms with Crippen LogP contribution in [0.25, 0.3) is 0 Å². The zero-order valence-electron chi connectivity index (χ0n) is 13.1. The van der Waals surface area contributed by atoms with Crippen molar-refractivity contribution in [1.82, 2.24) is 14.8 Å². The summed E-state index contributed by atoms with van der Waals surface area (Å²) in [6, 6.07) is 4.62. The molecule has 112 valence electrons. The minimum absolute atomic E-state index is 0.114. The van der Waals surface area contributed by atoms with E-state index in [-0.39, 0.29) is 11.4 Å². The number of likely N-dealkylation sites (tertiary alicyclic amines) is 1. The van der Waals surface area contributed by atoms with Gasteiger partial charge < -0.3 is 9.88 Å². The van der Waals surface area contributed by atoms with E-state index in [1.165, 1.54) is 12.1 Å². The molecule has 1 aromatic heterocycles. The highest BCUT2D eigenvalue weighted by Gasteiger charge is 2.30. The van der Waals surface area contributed by atoms with Gasteiger partial charge in [0.2, 0.25) is 5.91 Å². The van der Waals surface area contributed by atoms with Crippen LogP contribution in [0.3, 0.4) is 0 Å². The number of carbonyl (C=O) groups is 1. The second-order valence-corrected chi connectivity index (χ2v) is 6.46. The number of nitrogens with zero attached hydrogens (tertiary/aromatic N) is 2. The maximum absolute atomic E-state index is 12.2. The number of aryl methyl sites for hydroxylation is 1. The van der Waals surface area contributed by atoms with Gasteiger partial charge in [0.15, 0.2) is 0 Å². The molecule has 1 N–H and O–H groups in total. The van der Waals surface area contributed by atoms with Gasteiger partial charge in [0.25, 0.3) is 0 Å². The Morgan fingerprint density at radius 1 is 1.50 bits per heavy atom. The molecule has 4 heteroatoms. The van der Waals surface area contributed by atoms with Gasteiger partial charge in [0, 0.05) is 24.5 Å². The third-order valence-electron chi connectivity index (χ3n) is 4.40. The first-order valence-electron chi connectivity index (χ1n) is 7.59. The van der Waals surface area contributed by atoms with E-state index in [2.05, 4.69) is 60.9 Å². The van der Waals surface area contributed by atoms with Gasteiger partial charge in [0.1, 0.15) is 0 Å². The highest BCUT2D eigenvalue weighted by atomic mass is 16.2. The highest BCUT2D eigenvalue weighted by molar-refractivity contribution is 5.78. The van der Waals surface area contributed by atoms with Crippen LogP contribution in [0.5, 0.6) is 0 Å². The van der Waals surface area contributed by atoms with Gasteiger partial charge in [-0.25, -0.2) is 0 Å². The lowest BCUT2D eigenvalue weighted by Gasteiger charge is -2.28. The zero-order valence-corrected chi connectivity index (χ0v) is 13.1. The van der Waals surface area contributed by atoms with Gasteiger partial charge in [-0.3, -0.25) is 9.69 Å². The summed E-state index contributed by atoms with van der Waals surface area (Å²) in [5.74, 6) is 0.137. The molecule has 1 amide bonds. The molecule has 0 radical (unpaired) electrons. The van der Waals surface area contributed by atoms with E-state index in [1.54, 1.807) is 0 Å². The topological polar surface area (TPSA) is 37.3 Å². The van der Waals surface area contributed by atoms with Crippen LogP contribution in [-0.2, 0) is 11.8 Å². The molecule has 0 bridgehead atoms. The fourth-order valence-corrected chi connectivity index (χ4v) is 2.86. The predicted molar refractivity (Wildman–Crippen MR) is 81.5 cm³/mol. The summed E-state index contributed by atoms with van der Waals surface area (Å²) in [5, 5.41) is 3.13. The largest absolute Gasteiger partial charge is 0.353 e. The normalized spacial score (nSPS) is 20.3. The van der Waals surface area contributed by atoms with E-state index in [0.29, 0.717) is 12.6 Å². The average molecular weight is 277 g/mol. The number of amides is 1. The van der Waals surface area contributed by atoms with Gasteiger partial charge >= 0.3 is 0 Å². The van der Waals surface area contributed by atoms with Crippen molar-refractivity contribution in [2.75, 3.05) is 13.1 Å². The number of aromatic nitrogens is 1. The van der Waals surface area contributed by atoms with Gasteiger partial charge in [-0.15, -0.1) is 0 Å². The summed E-state index contributed by atoms with van der Waals surface area (Å²) in [5.41, 5.74) is 1.20. The summed E-state index contributed by atoms with van der Waals surface area (Å²) in [6.07, 6.45) is 5.33. The van der Waals surface area contributed by atoms with E-state index >= 15 is 0 Å². The lowest BCUT2D eigenvalue weighted by atomic mass is 10.0. The molecule has 1 aliphatic rings. The Labute approximate surface area is 122 Å². The molecule has 2 heterocycles. The van der Waals surface area contributed by atoms with Gasteiger partial charge in [0.05, 0.1) is 12.6 Å². The van der Waals surface area contributed by atoms with Crippen molar-refractivity contribution in [3.8, 4) is 0 Å². The van der Waals surface area contributed by atoms with Gasteiger partial charge in [-0.2, -0.15) is 0 Å². The quantitative estimate of drug-likeness (QED) is 0.897. The van der Waals surface area contributed by atoms with Crippen LogP contribution in [0, 0.1) is 0 Å². The molecule has 0 aromatic carbocycles. The Morgan fingerprint density at radius 2 is 2.25 bits per heavy atom. The summed E-state index contributed by atoms with van der Waals surface area (Å²) < 4.78 is 2.16. The van der Waals surface area contributed by atoms with Crippen molar-refractivity contribution < 1.29 is 4.79 Å². The van der Waals surface area contributed by atoms with E-state index < -0.39 is 0 Å². The average Bonchev–Trinajstić information content (AvgIpc) is 2.97. The SMILES string of the molecule is CCC(C)(C)NC(=O)CN1CCC[C@@H]1c1cccn1C. The van der Waals surface area contributed by atoms with Crippen molar-refractivity contribution in [3.63, 3.8) is 0 Å². The molecule has 1 atom stereocenters. The van der Waals surface area contributed by atoms with Crippen LogP contribution in [-0.4, -0.2) is 34.0 Å². The lowest BCUT2D eigenvalue weighted by Crippen LogP contribution is -2.47. The minimum Gasteiger partial charge on any atom is -0.353 e. The Bertz CT molecular complexity index is 464. The van der Waals surface area contributed by atoms with E-state index in [9.17, 15) is 4.79 Å². The summed E-state index contributed by atoms with van der Waals surface area (Å²) >= 11 is 0. The predicted octanol–water partition coefficient (Wildman–Crippen LogP) is 2.47. The first-order chi connectivity index (χ1) is 9.43. The van der Waals surface area contributed by atoms with Crippen LogP contribution < -0.4 is 5.32 Å². The van der Waals surface area contributed by atoms with Crippen molar-refractivity contribution in [2.45, 2.75) is 51.6 Å². The van der Waals surface area contributed by atoms with Gasteiger partial charge in [-0.05, 0) is 51.8 Å². The molecule has 0 saturated carbocycles. The van der Waals surface area contributed by atoms with E-state index in [1.807, 2.05) is 0 Å². The maximum Gasteiger partial charge on any atom is 0.234 e. The first-order valence-corrected chi connectivity index (χ1v) is 7.59. The third-order valence-corrected chi connectivity index (χ3v) is 4.40. The second kappa shape index (κ2) is 6.00. The second-order valence-electron chi connectivity index (χ2n) is 6.46. The molecule has 0 spiro atoms. The molecule has 1 saturated heterocycles. The Hall–Kier alpha value is -1.29. The highest BCUT2D eigenvalue weighted by Crippen LogP contribution is 2.31. The van der Waals surface area contributed by atoms with Crippen LogP contribution >= 0.6 is 0 Å². The molecular weight excluding hydrogens is 250 g/mol. The molecule has 2 rings (SSSR count). The standard InChI is InChI=1S/C16H27N3O/c1-5-16(2,3)17-15(20)12-19-11-7-9-14(19)13-8-6-10-18(13)4/h6,8,10,14H,5,7,9,11-12H2,1-4H3,(H,17,20)/t14-/m1/s1. The molecule has 1 aromatic rings. The molecule has 4 nitrogen and oxygen atoms in total. The zero-order chi connectivity index (χ0) is 14.8. The summed E-state index contributed by atoms with van der Waals surface area (Å²) in [4.78, 5) is 14.5. The van der Waals surface area contributed by atoms with Crippen molar-refractivity contribution in [3.05, 3.63) is 24.0 Å². The van der Waals surface area contributed by atoms with Gasteiger partial charge in [-0.1, -0.05) is 6.92 Å². The van der Waals surface area contributed by atoms with Crippen molar-refractivity contribution in [2.24, 2.45) is 7.05 Å². The number of hydrogen-bond acceptors (Lipinski definition) is 2. The molecule has 20 heavy (non-hydrogen) atoms. The molecule has 0 unspecified atom stereocenters. The maximum atomic E-state index is 12.2. The van der Waals surface area contributed by atoms with E-state index in [0.717, 1.165) is 19.4 Å². The van der Waals surface area contributed by atoms with Crippen LogP contribution in [0.4, 0.5) is 0 Å². The van der Waals surface area contributed by atoms with Crippen molar-refractivity contribution in [1.29, 1.82) is 0 Å². The molecule has 1 aliphatic heterocycles. The number of hydrogen-bond donors (Lipinski definition) is 1. The number of nitrogens with one attached hydrogen (secondary N) is 1. The van der Waals surface area contributed by atoms with Crippen LogP contribution in [0.15, 0.2) is 18.3 Å². The Kier molecular flexibility index (Phi) is 4.53. The molecule has 1 fully saturated rings. The minimum atomic E-state index is -0.114. The fraction of sp³-hybridized carbons (Fsp3) is 0.688. The third kappa shape index (κ3) is 3.42. The monoisotopic (exact) mass is 277 g/mol. The Balaban J connectivity index is 1.98. The fourth-order valence-electron chi connectivity index (χ4n) is 2.86. The first kappa shape index (κ1) is 15.1. The summed E-state index contributed by atoms with van der Waals surface area (Å²) in [6.45, 7) is 7.76. The lowest BCUT2D eigenvalue weighted by molar-refractivity contribution is -0.124.